The molecule has 0 spiro atoms. The summed E-state index contributed by atoms with van der Waals surface area (Å²) in [6.07, 6.45) is 5.36. The molecule has 1 aromatic carbocycles. The van der Waals surface area contributed by atoms with Crippen LogP contribution in [0.3, 0.4) is 0 Å². The number of aryl methyl sites for hydroxylation is 1. The quantitative estimate of drug-likeness (QED) is 0.556. The fourth-order valence-corrected chi connectivity index (χ4v) is 3.42. The number of benzene rings is 1. The Bertz CT molecular complexity index is 1050. The predicted molar refractivity (Wildman–Crippen MR) is 101 cm³/mol. The standard InChI is InChI=1S/C19H17N5O2S/c1-13-5-6-16(27-13)19-23-22-17(26-19)10-21-18(25)15-4-2-3-14(9-15)11-24-8-7-20-12-24/h2-9,12H,10-11H2,1H3,(H,21,25). The molecule has 0 aliphatic carbocycles. The van der Waals surface area contributed by atoms with E-state index in [0.29, 0.717) is 23.9 Å². The highest BCUT2D eigenvalue weighted by Crippen LogP contribution is 2.26. The lowest BCUT2D eigenvalue weighted by Crippen LogP contribution is -2.23. The number of aromatic nitrogens is 4. The van der Waals surface area contributed by atoms with Gasteiger partial charge in [-0.05, 0) is 36.8 Å². The highest BCUT2D eigenvalue weighted by atomic mass is 32.1. The Morgan fingerprint density at radius 3 is 2.96 bits per heavy atom. The van der Waals surface area contributed by atoms with Crippen LogP contribution in [0.1, 0.15) is 26.7 Å². The number of carbonyl (C=O) groups is 1. The summed E-state index contributed by atoms with van der Waals surface area (Å²) in [6.45, 7) is 2.86. The summed E-state index contributed by atoms with van der Waals surface area (Å²) in [5.74, 6) is 0.660. The molecule has 0 aliphatic heterocycles. The molecule has 4 rings (SSSR count). The summed E-state index contributed by atoms with van der Waals surface area (Å²) >= 11 is 1.59. The fraction of sp³-hybridized carbons (Fsp3) is 0.158. The van der Waals surface area contributed by atoms with E-state index in [0.717, 1.165) is 10.4 Å². The van der Waals surface area contributed by atoms with Crippen molar-refractivity contribution in [3.8, 4) is 10.8 Å². The van der Waals surface area contributed by atoms with Crippen LogP contribution in [0.2, 0.25) is 0 Å². The third-order valence-electron chi connectivity index (χ3n) is 3.93. The lowest BCUT2D eigenvalue weighted by molar-refractivity contribution is 0.0947. The van der Waals surface area contributed by atoms with Gasteiger partial charge in [-0.2, -0.15) is 0 Å². The van der Waals surface area contributed by atoms with E-state index >= 15 is 0 Å². The molecule has 0 atom stereocenters. The van der Waals surface area contributed by atoms with Gasteiger partial charge in [-0.15, -0.1) is 21.5 Å². The Labute approximate surface area is 159 Å². The van der Waals surface area contributed by atoms with Crippen LogP contribution in [-0.4, -0.2) is 25.7 Å². The Kier molecular flexibility index (Phi) is 4.80. The molecule has 136 valence electrons. The van der Waals surface area contributed by atoms with Gasteiger partial charge >= 0.3 is 0 Å². The van der Waals surface area contributed by atoms with E-state index in [4.69, 9.17) is 4.42 Å². The van der Waals surface area contributed by atoms with Crippen molar-refractivity contribution in [2.45, 2.75) is 20.0 Å². The highest BCUT2D eigenvalue weighted by Gasteiger charge is 2.12. The molecular formula is C19H17N5O2S. The van der Waals surface area contributed by atoms with E-state index < -0.39 is 0 Å². The van der Waals surface area contributed by atoms with Crippen molar-refractivity contribution in [2.75, 3.05) is 0 Å². The highest BCUT2D eigenvalue weighted by molar-refractivity contribution is 7.15. The average Bonchev–Trinajstić information content (AvgIpc) is 3.42. The van der Waals surface area contributed by atoms with Crippen molar-refractivity contribution in [1.29, 1.82) is 0 Å². The van der Waals surface area contributed by atoms with E-state index in [1.54, 1.807) is 29.9 Å². The molecule has 0 bridgehead atoms. The number of nitrogens with one attached hydrogen (secondary N) is 1. The van der Waals surface area contributed by atoms with Crippen LogP contribution < -0.4 is 5.32 Å². The normalized spacial score (nSPS) is 10.9. The van der Waals surface area contributed by atoms with E-state index in [2.05, 4.69) is 20.5 Å². The maximum atomic E-state index is 12.4. The van der Waals surface area contributed by atoms with Crippen molar-refractivity contribution in [1.82, 2.24) is 25.1 Å². The minimum Gasteiger partial charge on any atom is -0.418 e. The molecule has 0 radical (unpaired) electrons. The molecule has 3 aromatic heterocycles. The van der Waals surface area contributed by atoms with Gasteiger partial charge in [0.25, 0.3) is 11.8 Å². The summed E-state index contributed by atoms with van der Waals surface area (Å²) < 4.78 is 7.57. The number of amides is 1. The van der Waals surface area contributed by atoms with Gasteiger partial charge in [-0.3, -0.25) is 4.79 Å². The Balaban J connectivity index is 1.39. The van der Waals surface area contributed by atoms with E-state index in [1.807, 2.05) is 48.0 Å². The van der Waals surface area contributed by atoms with Gasteiger partial charge in [0.05, 0.1) is 17.7 Å². The van der Waals surface area contributed by atoms with Gasteiger partial charge in [-0.1, -0.05) is 12.1 Å². The first-order valence-corrected chi connectivity index (χ1v) is 9.21. The zero-order chi connectivity index (χ0) is 18.6. The minimum atomic E-state index is -0.186. The fourth-order valence-electron chi connectivity index (χ4n) is 2.63. The lowest BCUT2D eigenvalue weighted by atomic mass is 10.1. The topological polar surface area (TPSA) is 85.8 Å². The molecule has 7 nitrogen and oxygen atoms in total. The first-order valence-electron chi connectivity index (χ1n) is 8.39. The van der Waals surface area contributed by atoms with Gasteiger partial charge in [-0.25, -0.2) is 4.98 Å². The summed E-state index contributed by atoms with van der Waals surface area (Å²) in [7, 11) is 0. The predicted octanol–water partition coefficient (Wildman–Crippen LogP) is 3.28. The monoisotopic (exact) mass is 379 g/mol. The van der Waals surface area contributed by atoms with Crippen LogP contribution >= 0.6 is 11.3 Å². The third kappa shape index (κ3) is 4.12. The number of thiophene rings is 1. The first kappa shape index (κ1) is 17.2. The summed E-state index contributed by atoms with van der Waals surface area (Å²) in [5, 5.41) is 10.9. The molecule has 3 heterocycles. The van der Waals surface area contributed by atoms with Crippen molar-refractivity contribution in [3.63, 3.8) is 0 Å². The Morgan fingerprint density at radius 2 is 2.19 bits per heavy atom. The largest absolute Gasteiger partial charge is 0.418 e. The minimum absolute atomic E-state index is 0.182. The number of carbonyl (C=O) groups excluding carboxylic acids is 1. The Morgan fingerprint density at radius 1 is 1.26 bits per heavy atom. The van der Waals surface area contributed by atoms with Gasteiger partial charge in [0.15, 0.2) is 0 Å². The van der Waals surface area contributed by atoms with Gasteiger partial charge < -0.3 is 14.3 Å². The second-order valence-corrected chi connectivity index (χ2v) is 7.32. The van der Waals surface area contributed by atoms with Crippen molar-refractivity contribution < 1.29 is 9.21 Å². The van der Waals surface area contributed by atoms with Gasteiger partial charge in [0.1, 0.15) is 0 Å². The lowest BCUT2D eigenvalue weighted by Gasteiger charge is -2.06. The van der Waals surface area contributed by atoms with E-state index in [9.17, 15) is 4.79 Å². The van der Waals surface area contributed by atoms with Crippen molar-refractivity contribution >= 4 is 17.2 Å². The molecule has 0 saturated heterocycles. The van der Waals surface area contributed by atoms with Crippen LogP contribution in [0.4, 0.5) is 0 Å². The average molecular weight is 379 g/mol. The van der Waals surface area contributed by atoms with Crippen LogP contribution in [0.25, 0.3) is 10.8 Å². The number of hydrogen-bond acceptors (Lipinski definition) is 6. The second kappa shape index (κ2) is 7.55. The first-order chi connectivity index (χ1) is 13.2. The van der Waals surface area contributed by atoms with E-state index in [-0.39, 0.29) is 12.5 Å². The van der Waals surface area contributed by atoms with Crippen LogP contribution in [0.15, 0.2) is 59.5 Å². The van der Waals surface area contributed by atoms with Crippen LogP contribution in [0, 0.1) is 6.92 Å². The number of nitrogens with zero attached hydrogens (tertiary/aromatic N) is 4. The summed E-state index contributed by atoms with van der Waals surface area (Å²) in [5.41, 5.74) is 1.61. The summed E-state index contributed by atoms with van der Waals surface area (Å²) in [6, 6.07) is 11.4. The van der Waals surface area contributed by atoms with Gasteiger partial charge in [0, 0.05) is 29.4 Å². The maximum absolute atomic E-state index is 12.4. The third-order valence-corrected chi connectivity index (χ3v) is 4.92. The smallest absolute Gasteiger partial charge is 0.257 e. The molecule has 27 heavy (non-hydrogen) atoms. The zero-order valence-electron chi connectivity index (χ0n) is 14.6. The zero-order valence-corrected chi connectivity index (χ0v) is 15.4. The van der Waals surface area contributed by atoms with E-state index in [1.165, 1.54) is 4.88 Å². The molecule has 0 aliphatic rings. The van der Waals surface area contributed by atoms with Gasteiger partial charge in [0.2, 0.25) is 5.89 Å². The molecular weight excluding hydrogens is 362 g/mol. The van der Waals surface area contributed by atoms with Crippen molar-refractivity contribution in [3.05, 3.63) is 77.0 Å². The second-order valence-electron chi connectivity index (χ2n) is 6.03. The number of rotatable bonds is 6. The molecule has 0 saturated carbocycles. The maximum Gasteiger partial charge on any atom is 0.257 e. The Hall–Kier alpha value is -3.26. The molecule has 1 N–H and O–H groups in total. The molecule has 4 aromatic rings. The molecule has 0 fully saturated rings. The number of imidazole rings is 1. The molecule has 8 heteroatoms. The van der Waals surface area contributed by atoms with Crippen LogP contribution in [-0.2, 0) is 13.1 Å². The SMILES string of the molecule is Cc1ccc(-c2nnc(CNC(=O)c3cccc(Cn4ccnc4)c3)o2)s1. The number of hydrogen-bond donors (Lipinski definition) is 1. The summed E-state index contributed by atoms with van der Waals surface area (Å²) in [4.78, 5) is 18.6. The molecule has 0 unspecified atom stereocenters. The van der Waals surface area contributed by atoms with Crippen LogP contribution in [0.5, 0.6) is 0 Å². The molecule has 1 amide bonds. The van der Waals surface area contributed by atoms with Crippen molar-refractivity contribution in [2.24, 2.45) is 0 Å².